The van der Waals surface area contributed by atoms with Gasteiger partial charge in [0.15, 0.2) is 0 Å². The first-order valence-corrected chi connectivity index (χ1v) is 4.10. The van der Waals surface area contributed by atoms with Gasteiger partial charge in [0.25, 0.3) is 5.91 Å². The molecule has 66 valence electrons. The van der Waals surface area contributed by atoms with E-state index in [1.165, 1.54) is 0 Å². The standard InChI is InChI=1S/C8H11NO3/c10-5-6-1-3-7(4-2-6)8(11)9-12/h5-7H,1-4H2. The van der Waals surface area contributed by atoms with Gasteiger partial charge in [-0.3, -0.25) is 4.79 Å². The Kier molecular flexibility index (Phi) is 3.08. The summed E-state index contributed by atoms with van der Waals surface area (Å²) < 4.78 is 0. The van der Waals surface area contributed by atoms with Gasteiger partial charge < -0.3 is 4.79 Å². The molecule has 4 nitrogen and oxygen atoms in total. The summed E-state index contributed by atoms with van der Waals surface area (Å²) in [6, 6.07) is 0. The van der Waals surface area contributed by atoms with Crippen molar-refractivity contribution in [3.63, 3.8) is 0 Å². The fourth-order valence-corrected chi connectivity index (χ4v) is 1.58. The van der Waals surface area contributed by atoms with Gasteiger partial charge in [0.05, 0.1) is 0 Å². The fourth-order valence-electron chi connectivity index (χ4n) is 1.58. The van der Waals surface area contributed by atoms with Crippen LogP contribution in [0.25, 0.3) is 0 Å². The molecule has 0 N–H and O–H groups in total. The number of nitroso groups, excluding NO2 is 1. The number of rotatable bonds is 2. The lowest BCUT2D eigenvalue weighted by atomic mass is 9.82. The second-order valence-corrected chi connectivity index (χ2v) is 3.18. The maximum absolute atomic E-state index is 10.8. The van der Waals surface area contributed by atoms with Crippen molar-refractivity contribution in [2.45, 2.75) is 25.7 Å². The Morgan fingerprint density at radius 3 is 2.25 bits per heavy atom. The number of hydrogen-bond acceptors (Lipinski definition) is 3. The Hall–Kier alpha value is -1.06. The van der Waals surface area contributed by atoms with Crippen molar-refractivity contribution in [2.24, 2.45) is 17.0 Å². The summed E-state index contributed by atoms with van der Waals surface area (Å²) in [6.07, 6.45) is 3.63. The summed E-state index contributed by atoms with van der Waals surface area (Å²) in [6.45, 7) is 0. The average Bonchev–Trinajstić information content (AvgIpc) is 2.17. The molecule has 1 amide bonds. The monoisotopic (exact) mass is 169 g/mol. The summed E-state index contributed by atoms with van der Waals surface area (Å²) in [7, 11) is 0. The highest BCUT2D eigenvalue weighted by molar-refractivity contribution is 5.79. The SMILES string of the molecule is O=CC1CCC(C(=O)N=O)CC1. The van der Waals surface area contributed by atoms with E-state index in [0.717, 1.165) is 19.1 Å². The normalized spacial score (nSPS) is 29.3. The molecular weight excluding hydrogens is 158 g/mol. The lowest BCUT2D eigenvalue weighted by molar-refractivity contribution is -0.124. The third kappa shape index (κ3) is 1.96. The number of aldehydes is 1. The van der Waals surface area contributed by atoms with Crippen molar-refractivity contribution in [3.8, 4) is 0 Å². The summed E-state index contributed by atoms with van der Waals surface area (Å²) in [5.74, 6) is -0.696. The van der Waals surface area contributed by atoms with E-state index in [0.29, 0.717) is 12.8 Å². The Morgan fingerprint density at radius 2 is 1.83 bits per heavy atom. The maximum atomic E-state index is 10.8. The van der Waals surface area contributed by atoms with E-state index in [1.54, 1.807) is 0 Å². The van der Waals surface area contributed by atoms with Crippen LogP contribution in [-0.2, 0) is 9.59 Å². The zero-order valence-corrected chi connectivity index (χ0v) is 6.73. The van der Waals surface area contributed by atoms with Gasteiger partial charge in [-0.25, -0.2) is 0 Å². The van der Waals surface area contributed by atoms with Gasteiger partial charge >= 0.3 is 0 Å². The first-order valence-electron chi connectivity index (χ1n) is 4.10. The third-order valence-electron chi connectivity index (χ3n) is 2.40. The second kappa shape index (κ2) is 4.09. The third-order valence-corrected chi connectivity index (χ3v) is 2.40. The van der Waals surface area contributed by atoms with Crippen LogP contribution in [0.3, 0.4) is 0 Å². The van der Waals surface area contributed by atoms with Gasteiger partial charge in [0, 0.05) is 17.0 Å². The van der Waals surface area contributed by atoms with Gasteiger partial charge in [-0.15, -0.1) is 4.91 Å². The molecule has 0 aromatic rings. The van der Waals surface area contributed by atoms with Gasteiger partial charge in [-0.2, -0.15) is 0 Å². The van der Waals surface area contributed by atoms with E-state index in [4.69, 9.17) is 0 Å². The highest BCUT2D eigenvalue weighted by Gasteiger charge is 2.26. The molecule has 1 rings (SSSR count). The Labute approximate surface area is 70.3 Å². The number of hydrogen-bond donors (Lipinski definition) is 0. The summed E-state index contributed by atoms with van der Waals surface area (Å²) in [5.41, 5.74) is 0. The molecule has 0 spiro atoms. The molecule has 0 aromatic carbocycles. The highest BCUT2D eigenvalue weighted by Crippen LogP contribution is 2.28. The molecule has 0 aromatic heterocycles. The maximum Gasteiger partial charge on any atom is 0.289 e. The lowest BCUT2D eigenvalue weighted by Crippen LogP contribution is -2.20. The van der Waals surface area contributed by atoms with Crippen LogP contribution in [0.15, 0.2) is 5.18 Å². The van der Waals surface area contributed by atoms with Crippen molar-refractivity contribution >= 4 is 12.2 Å². The van der Waals surface area contributed by atoms with E-state index in [1.807, 2.05) is 0 Å². The molecule has 1 fully saturated rings. The average molecular weight is 169 g/mol. The lowest BCUT2D eigenvalue weighted by Gasteiger charge is -2.21. The van der Waals surface area contributed by atoms with Crippen LogP contribution in [0.2, 0.25) is 0 Å². The van der Waals surface area contributed by atoms with Crippen LogP contribution in [0, 0.1) is 16.7 Å². The Bertz CT molecular complexity index is 194. The molecule has 0 saturated heterocycles. The van der Waals surface area contributed by atoms with Crippen LogP contribution in [-0.4, -0.2) is 12.2 Å². The highest BCUT2D eigenvalue weighted by atomic mass is 16.3. The van der Waals surface area contributed by atoms with Crippen molar-refractivity contribution in [1.29, 1.82) is 0 Å². The molecule has 0 unspecified atom stereocenters. The minimum absolute atomic E-state index is 0.0840. The summed E-state index contributed by atoms with van der Waals surface area (Å²) in [5, 5.41) is 2.39. The largest absolute Gasteiger partial charge is 0.303 e. The van der Waals surface area contributed by atoms with E-state index >= 15 is 0 Å². The van der Waals surface area contributed by atoms with Gasteiger partial charge in [-0.05, 0) is 25.7 Å². The number of carbonyl (C=O) groups is 2. The quantitative estimate of drug-likeness (QED) is 0.462. The Balaban J connectivity index is 2.40. The van der Waals surface area contributed by atoms with Gasteiger partial charge in [-0.1, -0.05) is 0 Å². The molecule has 1 saturated carbocycles. The topological polar surface area (TPSA) is 63.6 Å². The van der Waals surface area contributed by atoms with Crippen molar-refractivity contribution < 1.29 is 9.59 Å². The molecule has 1 aliphatic carbocycles. The number of amides is 1. The van der Waals surface area contributed by atoms with Crippen LogP contribution < -0.4 is 0 Å². The second-order valence-electron chi connectivity index (χ2n) is 3.18. The van der Waals surface area contributed by atoms with E-state index < -0.39 is 5.91 Å². The smallest absolute Gasteiger partial charge is 0.289 e. The summed E-state index contributed by atoms with van der Waals surface area (Å²) in [4.78, 5) is 31.0. The number of nitrogens with zero attached hydrogens (tertiary/aromatic N) is 1. The van der Waals surface area contributed by atoms with Gasteiger partial charge in [0.1, 0.15) is 6.29 Å². The molecule has 1 aliphatic rings. The molecule has 4 heteroatoms. The van der Waals surface area contributed by atoms with Crippen LogP contribution >= 0.6 is 0 Å². The molecule has 12 heavy (non-hydrogen) atoms. The first kappa shape index (κ1) is 9.03. The molecule has 0 radical (unpaired) electrons. The molecule has 0 aliphatic heterocycles. The molecule has 0 atom stereocenters. The first-order chi connectivity index (χ1) is 5.77. The van der Waals surface area contributed by atoms with Crippen molar-refractivity contribution in [2.75, 3.05) is 0 Å². The fraction of sp³-hybridized carbons (Fsp3) is 0.750. The predicted octanol–water partition coefficient (Wildman–Crippen LogP) is 1.28. The van der Waals surface area contributed by atoms with Crippen molar-refractivity contribution in [1.82, 2.24) is 0 Å². The van der Waals surface area contributed by atoms with E-state index in [-0.39, 0.29) is 11.8 Å². The van der Waals surface area contributed by atoms with Crippen LogP contribution in [0.5, 0.6) is 0 Å². The van der Waals surface area contributed by atoms with Crippen LogP contribution in [0.4, 0.5) is 0 Å². The minimum Gasteiger partial charge on any atom is -0.303 e. The Morgan fingerprint density at radius 1 is 1.25 bits per heavy atom. The molecule has 0 heterocycles. The predicted molar refractivity (Wildman–Crippen MR) is 42.3 cm³/mol. The van der Waals surface area contributed by atoms with Crippen molar-refractivity contribution in [3.05, 3.63) is 4.91 Å². The van der Waals surface area contributed by atoms with Gasteiger partial charge in [0.2, 0.25) is 0 Å². The van der Waals surface area contributed by atoms with Crippen LogP contribution in [0.1, 0.15) is 25.7 Å². The molecular formula is C8H11NO3. The van der Waals surface area contributed by atoms with E-state index in [9.17, 15) is 14.5 Å². The minimum atomic E-state index is -0.556. The number of carbonyl (C=O) groups excluding carboxylic acids is 2. The van der Waals surface area contributed by atoms with E-state index in [2.05, 4.69) is 5.18 Å². The molecule has 0 bridgehead atoms. The summed E-state index contributed by atoms with van der Waals surface area (Å²) >= 11 is 0. The zero-order chi connectivity index (χ0) is 8.97. The zero-order valence-electron chi connectivity index (χ0n) is 6.73.